The molecule has 2 aromatic carbocycles. The third kappa shape index (κ3) is 4.30. The third-order valence-electron chi connectivity index (χ3n) is 5.32. The van der Waals surface area contributed by atoms with Gasteiger partial charge in [0.2, 0.25) is 5.91 Å². The highest BCUT2D eigenvalue weighted by Gasteiger charge is 2.32. The number of nitrogens with zero attached hydrogens (tertiary/aromatic N) is 2. The van der Waals surface area contributed by atoms with Gasteiger partial charge in [-0.15, -0.1) is 0 Å². The van der Waals surface area contributed by atoms with Gasteiger partial charge in [0, 0.05) is 30.9 Å². The first-order valence-corrected chi connectivity index (χ1v) is 10.2. The van der Waals surface area contributed by atoms with Gasteiger partial charge in [-0.2, -0.15) is 0 Å². The molecule has 0 aromatic heterocycles. The Labute approximate surface area is 175 Å². The van der Waals surface area contributed by atoms with Crippen molar-refractivity contribution >= 4 is 29.4 Å². The topological polar surface area (TPSA) is 80.2 Å². The summed E-state index contributed by atoms with van der Waals surface area (Å²) in [7, 11) is 1.55. The van der Waals surface area contributed by atoms with E-state index < -0.39 is 0 Å². The molecule has 2 aliphatic rings. The fourth-order valence-electron chi connectivity index (χ4n) is 3.78. The van der Waals surface area contributed by atoms with Crippen molar-refractivity contribution in [3.63, 3.8) is 0 Å². The van der Waals surface area contributed by atoms with E-state index in [-0.39, 0.29) is 17.9 Å². The largest absolute Gasteiger partial charge is 0.493 e. The van der Waals surface area contributed by atoms with Gasteiger partial charge >= 0.3 is 0 Å². The number of hydrogen-bond donors (Lipinski definition) is 1. The molecule has 0 saturated carbocycles. The fraction of sp³-hybridized carbons (Fsp3) is 0.348. The molecule has 30 heavy (non-hydrogen) atoms. The molecule has 7 nitrogen and oxygen atoms in total. The molecule has 0 bridgehead atoms. The molecule has 156 valence electrons. The smallest absolute Gasteiger partial charge is 0.256 e. The first-order valence-electron chi connectivity index (χ1n) is 10.2. The predicted octanol–water partition coefficient (Wildman–Crippen LogP) is 3.81. The average Bonchev–Trinajstić information content (AvgIpc) is 3.19. The minimum Gasteiger partial charge on any atom is -0.493 e. The van der Waals surface area contributed by atoms with Gasteiger partial charge in [0.15, 0.2) is 11.5 Å². The summed E-state index contributed by atoms with van der Waals surface area (Å²) in [6, 6.07) is 12.9. The van der Waals surface area contributed by atoms with E-state index >= 15 is 0 Å². The second-order valence-corrected chi connectivity index (χ2v) is 7.37. The van der Waals surface area contributed by atoms with Gasteiger partial charge in [0.25, 0.3) is 5.91 Å². The number of rotatable bonds is 7. The van der Waals surface area contributed by atoms with Gasteiger partial charge in [0.1, 0.15) is 0 Å². The Morgan fingerprint density at radius 3 is 2.87 bits per heavy atom. The normalized spacial score (nSPS) is 17.2. The van der Waals surface area contributed by atoms with Crippen LogP contribution in [0.15, 0.2) is 47.5 Å². The molecule has 1 fully saturated rings. The van der Waals surface area contributed by atoms with Crippen molar-refractivity contribution < 1.29 is 19.1 Å². The molecule has 0 unspecified atom stereocenters. The van der Waals surface area contributed by atoms with Crippen LogP contribution in [-0.4, -0.2) is 49.2 Å². The van der Waals surface area contributed by atoms with Crippen molar-refractivity contribution in [2.24, 2.45) is 4.99 Å². The third-order valence-corrected chi connectivity index (χ3v) is 5.32. The summed E-state index contributed by atoms with van der Waals surface area (Å²) < 4.78 is 11.3. The van der Waals surface area contributed by atoms with E-state index in [0.717, 1.165) is 25.1 Å². The Morgan fingerprint density at radius 2 is 2.07 bits per heavy atom. The van der Waals surface area contributed by atoms with Crippen molar-refractivity contribution in [1.82, 2.24) is 4.90 Å². The van der Waals surface area contributed by atoms with Gasteiger partial charge in [-0.3, -0.25) is 14.6 Å². The van der Waals surface area contributed by atoms with E-state index in [9.17, 15) is 9.59 Å². The lowest BCUT2D eigenvalue weighted by molar-refractivity contribution is -0.116. The predicted molar refractivity (Wildman–Crippen MR) is 115 cm³/mol. The number of carbonyl (C=O) groups is 2. The number of fused-ring (bicyclic) bond motifs is 2. The second kappa shape index (κ2) is 8.98. The number of ether oxygens (including phenoxy) is 2. The zero-order chi connectivity index (χ0) is 20.9. The number of para-hydroxylation sites is 1. The molecule has 7 heteroatoms. The Morgan fingerprint density at radius 1 is 1.23 bits per heavy atom. The molecular formula is C23H25N3O4. The van der Waals surface area contributed by atoms with Gasteiger partial charge in [-0.25, -0.2) is 0 Å². The van der Waals surface area contributed by atoms with Crippen molar-refractivity contribution in [3.8, 4) is 11.5 Å². The molecular weight excluding hydrogens is 382 g/mol. The first kappa shape index (κ1) is 19.9. The molecule has 0 aliphatic carbocycles. The van der Waals surface area contributed by atoms with Gasteiger partial charge < -0.3 is 19.7 Å². The Kier molecular flexibility index (Phi) is 5.97. The van der Waals surface area contributed by atoms with Crippen LogP contribution in [0.3, 0.4) is 0 Å². The van der Waals surface area contributed by atoms with Crippen LogP contribution in [0, 0.1) is 0 Å². The minimum absolute atomic E-state index is 0.0209. The molecule has 0 radical (unpaired) electrons. The van der Waals surface area contributed by atoms with Crippen LogP contribution < -0.4 is 14.8 Å². The summed E-state index contributed by atoms with van der Waals surface area (Å²) in [5, 5.41) is 2.85. The molecule has 2 heterocycles. The van der Waals surface area contributed by atoms with Crippen molar-refractivity contribution in [1.29, 1.82) is 0 Å². The lowest BCUT2D eigenvalue weighted by Gasteiger charge is -2.20. The number of methoxy groups -OCH3 is 1. The van der Waals surface area contributed by atoms with Crippen molar-refractivity contribution in [3.05, 3.63) is 48.0 Å². The van der Waals surface area contributed by atoms with E-state index in [1.165, 1.54) is 0 Å². The van der Waals surface area contributed by atoms with E-state index in [2.05, 4.69) is 10.3 Å². The maximum Gasteiger partial charge on any atom is 0.256 e. The van der Waals surface area contributed by atoms with Crippen LogP contribution >= 0.6 is 0 Å². The van der Waals surface area contributed by atoms with Gasteiger partial charge in [-0.1, -0.05) is 18.2 Å². The summed E-state index contributed by atoms with van der Waals surface area (Å²) >= 11 is 0. The second-order valence-electron chi connectivity index (χ2n) is 7.37. The van der Waals surface area contributed by atoms with Gasteiger partial charge in [0.05, 0.1) is 31.0 Å². The summed E-state index contributed by atoms with van der Waals surface area (Å²) in [5.74, 6) is 0.928. The van der Waals surface area contributed by atoms with Crippen LogP contribution in [0.5, 0.6) is 11.5 Å². The van der Waals surface area contributed by atoms with Crippen LogP contribution in [0.1, 0.15) is 36.0 Å². The number of aliphatic imine (C=N–C) groups is 1. The molecule has 2 amide bonds. The Balaban J connectivity index is 1.38. The number of nitrogens with one attached hydrogen (secondary N) is 1. The van der Waals surface area contributed by atoms with Crippen LogP contribution in [0.4, 0.5) is 11.4 Å². The number of carbonyl (C=O) groups excluding carboxylic acids is 2. The van der Waals surface area contributed by atoms with E-state index in [1.54, 1.807) is 19.2 Å². The Hall–Kier alpha value is -3.35. The number of anilines is 1. The molecule has 2 aliphatic heterocycles. The van der Waals surface area contributed by atoms with Crippen LogP contribution in [-0.2, 0) is 4.79 Å². The molecule has 0 spiro atoms. The standard InChI is InChI=1S/C23H25N3O4/c1-29-20-13-18-19(24-15-17-9-5-11-26(17)23(18)28)14-21(20)30-12-6-10-22(27)25-16-7-3-2-4-8-16/h2-4,7-8,13-15,17H,5-6,9-12H2,1H3,(H,25,27)/t17-/m0/s1. The maximum absolute atomic E-state index is 12.9. The summed E-state index contributed by atoms with van der Waals surface area (Å²) in [6.45, 7) is 1.10. The first-order chi connectivity index (χ1) is 14.7. The summed E-state index contributed by atoms with van der Waals surface area (Å²) in [5.41, 5.74) is 1.90. The maximum atomic E-state index is 12.9. The molecule has 1 atom stereocenters. The lowest BCUT2D eigenvalue weighted by atomic mass is 10.1. The molecule has 4 rings (SSSR count). The van der Waals surface area contributed by atoms with E-state index in [0.29, 0.717) is 42.2 Å². The monoisotopic (exact) mass is 407 g/mol. The highest BCUT2D eigenvalue weighted by atomic mass is 16.5. The summed E-state index contributed by atoms with van der Waals surface area (Å²) in [4.78, 5) is 31.3. The average molecular weight is 407 g/mol. The number of amides is 2. The fourth-order valence-corrected chi connectivity index (χ4v) is 3.78. The van der Waals surface area contributed by atoms with Crippen molar-refractivity contribution in [2.75, 3.05) is 25.6 Å². The zero-order valence-corrected chi connectivity index (χ0v) is 17.0. The van der Waals surface area contributed by atoms with E-state index in [4.69, 9.17) is 9.47 Å². The van der Waals surface area contributed by atoms with Gasteiger partial charge in [-0.05, 0) is 37.5 Å². The van der Waals surface area contributed by atoms with E-state index in [1.807, 2.05) is 41.4 Å². The summed E-state index contributed by atoms with van der Waals surface area (Å²) in [6.07, 6.45) is 4.68. The SMILES string of the molecule is COc1cc2c(cc1OCCCC(=O)Nc1ccccc1)N=C[C@@H]1CCCN1C2=O. The molecule has 2 aromatic rings. The zero-order valence-electron chi connectivity index (χ0n) is 17.0. The number of hydrogen-bond acceptors (Lipinski definition) is 5. The highest BCUT2D eigenvalue weighted by molar-refractivity contribution is 6.03. The highest BCUT2D eigenvalue weighted by Crippen LogP contribution is 2.38. The van der Waals surface area contributed by atoms with Crippen molar-refractivity contribution in [2.45, 2.75) is 31.7 Å². The molecule has 1 N–H and O–H groups in total. The Bertz CT molecular complexity index is 958. The quantitative estimate of drug-likeness (QED) is 0.708. The van der Waals surface area contributed by atoms with Crippen LogP contribution in [0.25, 0.3) is 0 Å². The molecule has 1 saturated heterocycles. The lowest BCUT2D eigenvalue weighted by Crippen LogP contribution is -2.35. The minimum atomic E-state index is -0.0607. The van der Waals surface area contributed by atoms with Crippen LogP contribution in [0.2, 0.25) is 0 Å². The number of benzene rings is 2.